The van der Waals surface area contributed by atoms with Gasteiger partial charge in [-0.3, -0.25) is 0 Å². The van der Waals surface area contributed by atoms with E-state index in [4.69, 9.17) is 0 Å². The van der Waals surface area contributed by atoms with Crippen LogP contribution in [0.1, 0.15) is 57.6 Å². The van der Waals surface area contributed by atoms with Gasteiger partial charge in [-0.15, -0.1) is 0 Å². The number of aromatic nitrogens is 2. The van der Waals surface area contributed by atoms with Gasteiger partial charge >= 0.3 is 0 Å². The third-order valence-corrected chi connectivity index (χ3v) is 7.01. The Hall–Kier alpha value is -3.26. The first-order valence-corrected chi connectivity index (χ1v) is 10.1. The Morgan fingerprint density at radius 3 is 1.29 bits per heavy atom. The minimum atomic E-state index is 0.277. The molecule has 6 aliphatic rings. The molecule has 132 valence electrons. The Bertz CT molecular complexity index is 969. The van der Waals surface area contributed by atoms with Crippen molar-refractivity contribution >= 4 is 0 Å². The Morgan fingerprint density at radius 2 is 0.821 bits per heavy atom. The summed E-state index contributed by atoms with van der Waals surface area (Å²) in [5.41, 5.74) is 8.80. The molecule has 0 saturated carbocycles. The minimum absolute atomic E-state index is 0.277. The van der Waals surface area contributed by atoms with Crippen molar-refractivity contribution < 1.29 is 9.13 Å². The first-order chi connectivity index (χ1) is 13.9. The molecule has 4 aromatic rings. The summed E-state index contributed by atoms with van der Waals surface area (Å²) < 4.78 is 5.11. The standard InChI is InChI=1S/C26H20N2/c1-3-11-19-17(9-1)23-21-13-5-7-15-27(21)25(19)24-18-10-2-4-12-20(18)26(23)28-16-8-6-14-22(24)28/h1-16,23-26H/q+2/t23-,24+,25-,26+. The summed E-state index contributed by atoms with van der Waals surface area (Å²) in [5.74, 6) is 0.615. The van der Waals surface area contributed by atoms with Crippen molar-refractivity contribution in [3.8, 4) is 0 Å². The van der Waals surface area contributed by atoms with Gasteiger partial charge in [-0.1, -0.05) is 60.7 Å². The van der Waals surface area contributed by atoms with Crippen molar-refractivity contribution in [2.75, 3.05) is 0 Å². The molecule has 10 rings (SSSR count). The normalized spacial score (nSPS) is 25.1. The molecular formula is C26H20N2+2. The first kappa shape index (κ1) is 14.8. The highest BCUT2D eigenvalue weighted by Crippen LogP contribution is 2.53. The molecule has 5 aliphatic heterocycles. The maximum Gasteiger partial charge on any atom is 0.200 e. The average molecular weight is 360 g/mol. The van der Waals surface area contributed by atoms with Crippen LogP contribution in [0.15, 0.2) is 97.3 Å². The van der Waals surface area contributed by atoms with Gasteiger partial charge < -0.3 is 0 Å². The SMILES string of the molecule is c1ccc2c(c1)[C@H]1c3cccc[n+]3[C@@H]2[C@@H]2c3ccccc3[C@H]1[n+]1ccccc12. The second-order valence-corrected chi connectivity index (χ2v) is 8.17. The van der Waals surface area contributed by atoms with Gasteiger partial charge in [-0.05, 0) is 11.1 Å². The van der Waals surface area contributed by atoms with E-state index in [1.165, 1.54) is 33.6 Å². The van der Waals surface area contributed by atoms with Crippen molar-refractivity contribution in [3.05, 3.63) is 131 Å². The van der Waals surface area contributed by atoms with Gasteiger partial charge in [-0.25, -0.2) is 0 Å². The summed E-state index contributed by atoms with van der Waals surface area (Å²) in [6.45, 7) is 0. The molecule has 0 spiro atoms. The molecule has 2 nitrogen and oxygen atoms in total. The molecule has 0 amide bonds. The molecule has 7 heterocycles. The lowest BCUT2D eigenvalue weighted by molar-refractivity contribution is -0.769. The van der Waals surface area contributed by atoms with Crippen LogP contribution in [0.3, 0.4) is 0 Å². The Labute approximate surface area is 164 Å². The number of hydrogen-bond acceptors (Lipinski definition) is 0. The number of pyridine rings is 2. The molecule has 2 heteroatoms. The van der Waals surface area contributed by atoms with E-state index in [1.54, 1.807) is 0 Å². The summed E-state index contributed by atoms with van der Waals surface area (Å²) in [4.78, 5) is 0. The second-order valence-electron chi connectivity index (χ2n) is 8.17. The Morgan fingerprint density at radius 1 is 0.429 bits per heavy atom. The van der Waals surface area contributed by atoms with Crippen LogP contribution in [0.2, 0.25) is 0 Å². The van der Waals surface area contributed by atoms with E-state index in [0.29, 0.717) is 11.8 Å². The van der Waals surface area contributed by atoms with Gasteiger partial charge in [0.2, 0.25) is 12.1 Å². The lowest BCUT2D eigenvalue weighted by Gasteiger charge is -2.41. The molecule has 4 bridgehead atoms. The van der Waals surface area contributed by atoms with Gasteiger partial charge in [0.1, 0.15) is 11.8 Å². The van der Waals surface area contributed by atoms with Crippen molar-refractivity contribution in [1.82, 2.24) is 0 Å². The van der Waals surface area contributed by atoms with Crippen LogP contribution in [0.25, 0.3) is 0 Å². The van der Waals surface area contributed by atoms with Crippen LogP contribution in [-0.2, 0) is 0 Å². The van der Waals surface area contributed by atoms with Crippen LogP contribution in [0.5, 0.6) is 0 Å². The molecule has 2 aromatic heterocycles. The highest BCUT2D eigenvalue weighted by molar-refractivity contribution is 5.50. The molecule has 0 unspecified atom stereocenters. The summed E-state index contributed by atoms with van der Waals surface area (Å²) in [5, 5.41) is 0. The van der Waals surface area contributed by atoms with Crippen molar-refractivity contribution in [2.45, 2.75) is 23.9 Å². The topological polar surface area (TPSA) is 7.76 Å². The predicted molar refractivity (Wildman–Crippen MR) is 106 cm³/mol. The average Bonchev–Trinajstić information content (AvgIpc) is 2.74. The summed E-state index contributed by atoms with van der Waals surface area (Å²) in [6.07, 6.45) is 4.58. The van der Waals surface area contributed by atoms with E-state index in [1.807, 2.05) is 0 Å². The molecule has 0 radical (unpaired) electrons. The van der Waals surface area contributed by atoms with Gasteiger partial charge in [0.15, 0.2) is 23.8 Å². The minimum Gasteiger partial charge on any atom is -0.193 e. The quantitative estimate of drug-likeness (QED) is 0.418. The van der Waals surface area contributed by atoms with E-state index in [2.05, 4.69) is 106 Å². The van der Waals surface area contributed by atoms with Gasteiger partial charge in [-0.2, -0.15) is 9.13 Å². The number of hydrogen-bond donors (Lipinski definition) is 0. The maximum atomic E-state index is 2.55. The molecule has 0 fully saturated rings. The van der Waals surface area contributed by atoms with E-state index in [0.717, 1.165) is 0 Å². The number of nitrogens with zero attached hydrogens (tertiary/aromatic N) is 2. The van der Waals surface area contributed by atoms with E-state index in [-0.39, 0.29) is 12.1 Å². The zero-order valence-corrected chi connectivity index (χ0v) is 15.4. The van der Waals surface area contributed by atoms with E-state index in [9.17, 15) is 0 Å². The fourth-order valence-electron chi connectivity index (χ4n) is 6.06. The summed E-state index contributed by atoms with van der Waals surface area (Å²) in [7, 11) is 0. The molecular weight excluding hydrogens is 340 g/mol. The van der Waals surface area contributed by atoms with E-state index >= 15 is 0 Å². The fourth-order valence-corrected chi connectivity index (χ4v) is 6.06. The number of rotatable bonds is 0. The van der Waals surface area contributed by atoms with Crippen LogP contribution >= 0.6 is 0 Å². The summed E-state index contributed by atoms with van der Waals surface area (Å²) >= 11 is 0. The third-order valence-electron chi connectivity index (χ3n) is 7.01. The monoisotopic (exact) mass is 360 g/mol. The summed E-state index contributed by atoms with van der Waals surface area (Å²) in [6, 6.07) is 32.2. The molecule has 28 heavy (non-hydrogen) atoms. The molecule has 2 aromatic carbocycles. The van der Waals surface area contributed by atoms with Crippen LogP contribution < -0.4 is 9.13 Å². The van der Waals surface area contributed by atoms with Gasteiger partial charge in [0, 0.05) is 35.4 Å². The largest absolute Gasteiger partial charge is 0.200 e. The van der Waals surface area contributed by atoms with Crippen LogP contribution in [0, 0.1) is 0 Å². The second kappa shape index (κ2) is 5.17. The molecule has 4 atom stereocenters. The number of benzene rings is 2. The Kier molecular flexibility index (Phi) is 2.72. The van der Waals surface area contributed by atoms with Crippen molar-refractivity contribution in [1.29, 1.82) is 0 Å². The molecule has 0 saturated heterocycles. The van der Waals surface area contributed by atoms with Gasteiger partial charge in [0.05, 0.1) is 0 Å². The lowest BCUT2D eigenvalue weighted by Crippen LogP contribution is -2.62. The van der Waals surface area contributed by atoms with Gasteiger partial charge in [0.25, 0.3) is 0 Å². The first-order valence-electron chi connectivity index (χ1n) is 10.1. The highest BCUT2D eigenvalue weighted by atomic mass is 15.1. The lowest BCUT2D eigenvalue weighted by atomic mass is 9.65. The maximum absolute atomic E-state index is 2.55. The molecule has 1 aliphatic carbocycles. The van der Waals surface area contributed by atoms with Crippen molar-refractivity contribution in [3.63, 3.8) is 0 Å². The zero-order chi connectivity index (χ0) is 18.2. The zero-order valence-electron chi connectivity index (χ0n) is 15.4. The predicted octanol–water partition coefficient (Wildman–Crippen LogP) is 4.04. The third kappa shape index (κ3) is 1.65. The highest BCUT2D eigenvalue weighted by Gasteiger charge is 2.58. The van der Waals surface area contributed by atoms with Crippen molar-refractivity contribution in [2.24, 2.45) is 0 Å². The Balaban J connectivity index is 1.69. The fraction of sp³-hybridized carbons (Fsp3) is 0.154. The van der Waals surface area contributed by atoms with E-state index < -0.39 is 0 Å². The van der Waals surface area contributed by atoms with Crippen LogP contribution in [0.4, 0.5) is 0 Å². The van der Waals surface area contributed by atoms with Crippen LogP contribution in [-0.4, -0.2) is 0 Å². The molecule has 0 N–H and O–H groups in total. The smallest absolute Gasteiger partial charge is 0.193 e.